The van der Waals surface area contributed by atoms with Gasteiger partial charge in [0.25, 0.3) is 0 Å². The van der Waals surface area contributed by atoms with E-state index < -0.39 is 21.3 Å². The molecule has 2 heterocycles. The van der Waals surface area contributed by atoms with Crippen molar-refractivity contribution in [3.8, 4) is 0 Å². The van der Waals surface area contributed by atoms with Crippen molar-refractivity contribution in [1.82, 2.24) is 14.9 Å². The SMILES string of the molecule is Cc1ccc(CCNC(=O)C2CC(S(=O)(=O)N3CCCCC3)CN2)cc1. The Balaban J connectivity index is 1.46. The Labute approximate surface area is 156 Å². The molecule has 1 amide bonds. The zero-order chi connectivity index (χ0) is 18.6. The molecule has 0 spiro atoms. The van der Waals surface area contributed by atoms with E-state index in [9.17, 15) is 13.2 Å². The fraction of sp³-hybridized carbons (Fsp3) is 0.632. The number of piperidine rings is 1. The molecule has 0 saturated carbocycles. The van der Waals surface area contributed by atoms with Gasteiger partial charge in [-0.15, -0.1) is 0 Å². The summed E-state index contributed by atoms with van der Waals surface area (Å²) < 4.78 is 27.1. The number of sulfonamides is 1. The summed E-state index contributed by atoms with van der Waals surface area (Å²) in [7, 11) is -3.30. The Morgan fingerprint density at radius 1 is 1.19 bits per heavy atom. The number of benzene rings is 1. The molecule has 2 unspecified atom stereocenters. The topological polar surface area (TPSA) is 78.5 Å². The smallest absolute Gasteiger partial charge is 0.237 e. The highest BCUT2D eigenvalue weighted by molar-refractivity contribution is 7.89. The molecule has 2 fully saturated rings. The van der Waals surface area contributed by atoms with Crippen LogP contribution in [0.15, 0.2) is 24.3 Å². The maximum Gasteiger partial charge on any atom is 0.237 e. The Morgan fingerprint density at radius 3 is 2.58 bits per heavy atom. The third kappa shape index (κ3) is 4.64. The van der Waals surface area contributed by atoms with Crippen LogP contribution in [0.2, 0.25) is 0 Å². The third-order valence-corrected chi connectivity index (χ3v) is 7.62. The lowest BCUT2D eigenvalue weighted by molar-refractivity contribution is -0.122. The largest absolute Gasteiger partial charge is 0.354 e. The molecule has 0 aromatic heterocycles. The molecule has 0 bridgehead atoms. The minimum absolute atomic E-state index is 0.103. The summed E-state index contributed by atoms with van der Waals surface area (Å²) >= 11 is 0. The first-order valence-corrected chi connectivity index (χ1v) is 11.0. The second kappa shape index (κ2) is 8.50. The average Bonchev–Trinajstić information content (AvgIpc) is 3.15. The minimum atomic E-state index is -3.30. The van der Waals surface area contributed by atoms with E-state index in [1.165, 1.54) is 11.1 Å². The van der Waals surface area contributed by atoms with E-state index in [0.29, 0.717) is 32.6 Å². The molecule has 144 valence electrons. The van der Waals surface area contributed by atoms with Crippen molar-refractivity contribution in [3.63, 3.8) is 0 Å². The molecule has 1 aromatic carbocycles. The Kier molecular flexibility index (Phi) is 6.32. The van der Waals surface area contributed by atoms with Crippen LogP contribution >= 0.6 is 0 Å². The highest BCUT2D eigenvalue weighted by atomic mass is 32.2. The Hall–Kier alpha value is -1.44. The molecule has 2 atom stereocenters. The molecule has 0 radical (unpaired) electrons. The van der Waals surface area contributed by atoms with Crippen LogP contribution in [0.3, 0.4) is 0 Å². The van der Waals surface area contributed by atoms with E-state index in [-0.39, 0.29) is 5.91 Å². The molecule has 6 nitrogen and oxygen atoms in total. The normalized spacial score (nSPS) is 24.5. The first-order chi connectivity index (χ1) is 12.5. The molecule has 2 aliphatic rings. The molecule has 3 rings (SSSR count). The highest BCUT2D eigenvalue weighted by Crippen LogP contribution is 2.22. The number of aryl methyl sites for hydroxylation is 1. The van der Waals surface area contributed by atoms with Crippen LogP contribution in [0, 0.1) is 6.92 Å². The summed E-state index contributed by atoms with van der Waals surface area (Å²) in [5.74, 6) is -0.103. The number of carbonyl (C=O) groups excluding carboxylic acids is 1. The van der Waals surface area contributed by atoms with Crippen LogP contribution < -0.4 is 10.6 Å². The van der Waals surface area contributed by atoms with Gasteiger partial charge < -0.3 is 10.6 Å². The van der Waals surface area contributed by atoms with Crippen molar-refractivity contribution in [2.75, 3.05) is 26.2 Å². The maximum atomic E-state index is 12.7. The quantitative estimate of drug-likeness (QED) is 0.779. The average molecular weight is 380 g/mol. The van der Waals surface area contributed by atoms with Gasteiger partial charge in [-0.3, -0.25) is 4.79 Å². The van der Waals surface area contributed by atoms with Crippen LogP contribution in [-0.2, 0) is 21.2 Å². The van der Waals surface area contributed by atoms with Crippen molar-refractivity contribution < 1.29 is 13.2 Å². The Morgan fingerprint density at radius 2 is 1.88 bits per heavy atom. The van der Waals surface area contributed by atoms with E-state index in [0.717, 1.165) is 25.7 Å². The molecule has 2 N–H and O–H groups in total. The van der Waals surface area contributed by atoms with Gasteiger partial charge in [0.05, 0.1) is 11.3 Å². The molecule has 1 aromatic rings. The Bertz CT molecular complexity index is 712. The van der Waals surface area contributed by atoms with Gasteiger partial charge in [0.2, 0.25) is 15.9 Å². The zero-order valence-electron chi connectivity index (χ0n) is 15.4. The summed E-state index contributed by atoms with van der Waals surface area (Å²) in [6, 6.07) is 7.84. The fourth-order valence-electron chi connectivity index (χ4n) is 3.67. The van der Waals surface area contributed by atoms with E-state index in [1.54, 1.807) is 4.31 Å². The molecular weight excluding hydrogens is 350 g/mol. The van der Waals surface area contributed by atoms with Crippen molar-refractivity contribution in [1.29, 1.82) is 0 Å². The van der Waals surface area contributed by atoms with E-state index >= 15 is 0 Å². The van der Waals surface area contributed by atoms with E-state index in [4.69, 9.17) is 0 Å². The lowest BCUT2D eigenvalue weighted by Crippen LogP contribution is -2.42. The number of amides is 1. The molecular formula is C19H29N3O3S. The van der Waals surface area contributed by atoms with Gasteiger partial charge >= 0.3 is 0 Å². The summed E-state index contributed by atoms with van der Waals surface area (Å²) in [5, 5.41) is 5.53. The number of rotatable bonds is 6. The van der Waals surface area contributed by atoms with Gasteiger partial charge in [-0.1, -0.05) is 36.2 Å². The van der Waals surface area contributed by atoms with Crippen molar-refractivity contribution in [2.45, 2.75) is 50.3 Å². The van der Waals surface area contributed by atoms with Crippen LogP contribution in [0.25, 0.3) is 0 Å². The maximum absolute atomic E-state index is 12.7. The number of carbonyl (C=O) groups is 1. The first-order valence-electron chi connectivity index (χ1n) is 9.52. The second-order valence-electron chi connectivity index (χ2n) is 7.35. The van der Waals surface area contributed by atoms with E-state index in [2.05, 4.69) is 34.9 Å². The van der Waals surface area contributed by atoms with E-state index in [1.807, 2.05) is 6.92 Å². The van der Waals surface area contributed by atoms with Gasteiger partial charge in [0.1, 0.15) is 0 Å². The zero-order valence-corrected chi connectivity index (χ0v) is 16.2. The summed E-state index contributed by atoms with van der Waals surface area (Å²) in [6.45, 7) is 4.20. The highest BCUT2D eigenvalue weighted by Gasteiger charge is 2.40. The monoisotopic (exact) mass is 379 g/mol. The summed E-state index contributed by atoms with van der Waals surface area (Å²) in [4.78, 5) is 12.4. The number of hydrogen-bond acceptors (Lipinski definition) is 4. The minimum Gasteiger partial charge on any atom is -0.354 e. The van der Waals surface area contributed by atoms with Crippen LogP contribution in [0.4, 0.5) is 0 Å². The van der Waals surface area contributed by atoms with Gasteiger partial charge in [-0.25, -0.2) is 12.7 Å². The first kappa shape index (κ1) is 19.3. The molecule has 2 saturated heterocycles. The van der Waals surface area contributed by atoms with Gasteiger partial charge in [-0.05, 0) is 38.2 Å². The molecule has 7 heteroatoms. The molecule has 26 heavy (non-hydrogen) atoms. The lowest BCUT2D eigenvalue weighted by atomic mass is 10.1. The van der Waals surface area contributed by atoms with Gasteiger partial charge in [0.15, 0.2) is 0 Å². The number of nitrogens with zero attached hydrogens (tertiary/aromatic N) is 1. The van der Waals surface area contributed by atoms with Crippen LogP contribution in [0.1, 0.15) is 36.8 Å². The predicted molar refractivity (Wildman–Crippen MR) is 102 cm³/mol. The number of hydrogen-bond donors (Lipinski definition) is 2. The van der Waals surface area contributed by atoms with Crippen molar-refractivity contribution >= 4 is 15.9 Å². The summed E-state index contributed by atoms with van der Waals surface area (Å²) in [5.41, 5.74) is 2.40. The van der Waals surface area contributed by atoms with Crippen LogP contribution in [0.5, 0.6) is 0 Å². The second-order valence-corrected chi connectivity index (χ2v) is 9.56. The van der Waals surface area contributed by atoms with Crippen molar-refractivity contribution in [3.05, 3.63) is 35.4 Å². The van der Waals surface area contributed by atoms with Gasteiger partial charge in [-0.2, -0.15) is 0 Å². The third-order valence-electron chi connectivity index (χ3n) is 5.34. The van der Waals surface area contributed by atoms with Gasteiger partial charge in [0, 0.05) is 26.2 Å². The van der Waals surface area contributed by atoms with Crippen molar-refractivity contribution in [2.24, 2.45) is 0 Å². The van der Waals surface area contributed by atoms with Crippen LogP contribution in [-0.4, -0.2) is 56.1 Å². The predicted octanol–water partition coefficient (Wildman–Crippen LogP) is 1.20. The lowest BCUT2D eigenvalue weighted by Gasteiger charge is -2.28. The summed E-state index contributed by atoms with van der Waals surface area (Å²) in [6.07, 6.45) is 4.09. The molecule has 2 aliphatic heterocycles. The molecule has 0 aliphatic carbocycles. The fourth-order valence-corrected chi connectivity index (χ4v) is 5.60. The number of nitrogens with one attached hydrogen (secondary N) is 2. The standard InChI is InChI=1S/C19H29N3O3S/c1-15-5-7-16(8-6-15)9-10-20-19(23)18-13-17(14-21-18)26(24,25)22-11-3-2-4-12-22/h5-8,17-18,21H,2-4,9-14H2,1H3,(H,20,23).